The summed E-state index contributed by atoms with van der Waals surface area (Å²) >= 11 is 5.06. The highest BCUT2D eigenvalue weighted by molar-refractivity contribution is 6.61. The molecule has 0 aromatic rings. The molecule has 1 rings (SSSR count). The van der Waals surface area contributed by atoms with Crippen molar-refractivity contribution in [3.8, 4) is 0 Å². The van der Waals surface area contributed by atoms with Crippen molar-refractivity contribution in [3.63, 3.8) is 0 Å². The van der Waals surface area contributed by atoms with Gasteiger partial charge in [0.1, 0.15) is 6.10 Å². The van der Waals surface area contributed by atoms with Gasteiger partial charge < -0.3 is 10.5 Å². The van der Waals surface area contributed by atoms with E-state index in [0.29, 0.717) is 0 Å². The van der Waals surface area contributed by atoms with Gasteiger partial charge in [-0.15, -0.1) is 0 Å². The predicted molar refractivity (Wildman–Crippen MR) is 42.6 cm³/mol. The van der Waals surface area contributed by atoms with Crippen LogP contribution in [0.4, 0.5) is 4.79 Å². The summed E-state index contributed by atoms with van der Waals surface area (Å²) in [5.74, 6) is 0. The number of ether oxygens (including phenoxy) is 1. The quantitative estimate of drug-likeness (QED) is 0.620. The summed E-state index contributed by atoms with van der Waals surface area (Å²) in [6, 6.07) is 0.278. The van der Waals surface area contributed by atoms with Crippen molar-refractivity contribution >= 4 is 17.0 Å². The van der Waals surface area contributed by atoms with Crippen molar-refractivity contribution in [2.24, 2.45) is 5.73 Å². The summed E-state index contributed by atoms with van der Waals surface area (Å²) in [6.45, 7) is 0. The Morgan fingerprint density at radius 3 is 2.36 bits per heavy atom. The second-order valence-electron chi connectivity index (χ2n) is 2.89. The van der Waals surface area contributed by atoms with E-state index in [1.807, 2.05) is 0 Å². The molecule has 64 valence electrons. The van der Waals surface area contributed by atoms with Crippen molar-refractivity contribution in [3.05, 3.63) is 0 Å². The number of carbonyl (C=O) groups is 1. The molecule has 0 unspecified atom stereocenters. The number of nitrogens with two attached hydrogens (primary N) is 1. The van der Waals surface area contributed by atoms with Gasteiger partial charge in [-0.05, 0) is 25.7 Å². The van der Waals surface area contributed by atoms with Gasteiger partial charge in [-0.3, -0.25) is 0 Å². The van der Waals surface area contributed by atoms with Crippen LogP contribution in [-0.2, 0) is 4.74 Å². The monoisotopic (exact) mass is 177 g/mol. The van der Waals surface area contributed by atoms with Crippen LogP contribution < -0.4 is 5.73 Å². The number of halogens is 1. The number of rotatable bonds is 1. The minimum atomic E-state index is -0.703. The third kappa shape index (κ3) is 3.08. The maximum atomic E-state index is 10.3. The van der Waals surface area contributed by atoms with E-state index >= 15 is 0 Å². The molecule has 0 aliphatic heterocycles. The van der Waals surface area contributed by atoms with Crippen LogP contribution in [0.2, 0.25) is 0 Å². The van der Waals surface area contributed by atoms with Gasteiger partial charge in [0.15, 0.2) is 0 Å². The normalized spacial score (nSPS) is 31.5. The molecule has 4 heteroatoms. The van der Waals surface area contributed by atoms with Crippen LogP contribution in [0.15, 0.2) is 0 Å². The maximum absolute atomic E-state index is 10.3. The van der Waals surface area contributed by atoms with E-state index in [9.17, 15) is 4.79 Å². The molecule has 0 saturated heterocycles. The summed E-state index contributed by atoms with van der Waals surface area (Å²) < 4.78 is 4.81. The second kappa shape index (κ2) is 3.93. The molecule has 0 heterocycles. The minimum absolute atomic E-state index is 0.000185. The van der Waals surface area contributed by atoms with Gasteiger partial charge in [-0.1, -0.05) is 0 Å². The maximum Gasteiger partial charge on any atom is 0.404 e. The van der Waals surface area contributed by atoms with Crippen molar-refractivity contribution in [2.75, 3.05) is 0 Å². The fourth-order valence-corrected chi connectivity index (χ4v) is 1.46. The summed E-state index contributed by atoms with van der Waals surface area (Å²) in [6.07, 6.45) is 3.54. The highest BCUT2D eigenvalue weighted by atomic mass is 35.5. The molecule has 0 atom stereocenters. The van der Waals surface area contributed by atoms with E-state index in [-0.39, 0.29) is 12.1 Å². The summed E-state index contributed by atoms with van der Waals surface area (Å²) in [7, 11) is 0. The van der Waals surface area contributed by atoms with Crippen LogP contribution in [0.5, 0.6) is 0 Å². The first-order valence-corrected chi connectivity index (χ1v) is 4.18. The Labute approximate surface area is 70.8 Å². The van der Waals surface area contributed by atoms with Crippen molar-refractivity contribution < 1.29 is 9.53 Å². The first-order valence-electron chi connectivity index (χ1n) is 3.80. The first kappa shape index (κ1) is 8.81. The van der Waals surface area contributed by atoms with Crippen molar-refractivity contribution in [2.45, 2.75) is 37.8 Å². The lowest BCUT2D eigenvalue weighted by atomic mass is 9.94. The second-order valence-corrected chi connectivity index (χ2v) is 3.20. The van der Waals surface area contributed by atoms with Crippen LogP contribution in [0.1, 0.15) is 25.7 Å². The van der Waals surface area contributed by atoms with Gasteiger partial charge in [-0.2, -0.15) is 0 Å². The molecule has 1 aliphatic rings. The zero-order valence-electron chi connectivity index (χ0n) is 6.25. The van der Waals surface area contributed by atoms with E-state index in [1.54, 1.807) is 0 Å². The number of carbonyl (C=O) groups excluding carboxylic acids is 1. The van der Waals surface area contributed by atoms with Crippen LogP contribution in [-0.4, -0.2) is 17.6 Å². The number of hydrogen-bond acceptors (Lipinski definition) is 3. The van der Waals surface area contributed by atoms with E-state index < -0.39 is 5.43 Å². The van der Waals surface area contributed by atoms with Crippen LogP contribution >= 0.6 is 11.6 Å². The zero-order chi connectivity index (χ0) is 8.27. The molecule has 0 radical (unpaired) electrons. The molecule has 0 aromatic heterocycles. The Morgan fingerprint density at radius 2 is 1.91 bits per heavy atom. The molecule has 0 bridgehead atoms. The first-order chi connectivity index (χ1) is 5.18. The third-order valence-electron chi connectivity index (χ3n) is 1.98. The van der Waals surface area contributed by atoms with E-state index in [2.05, 4.69) is 0 Å². The average molecular weight is 178 g/mol. The lowest BCUT2D eigenvalue weighted by Crippen LogP contribution is -2.30. The Balaban J connectivity index is 2.22. The lowest BCUT2D eigenvalue weighted by molar-refractivity contribution is 0.0913. The van der Waals surface area contributed by atoms with Crippen molar-refractivity contribution in [1.29, 1.82) is 0 Å². The van der Waals surface area contributed by atoms with Gasteiger partial charge in [0, 0.05) is 17.6 Å². The molecule has 1 fully saturated rings. The number of hydrogen-bond donors (Lipinski definition) is 1. The van der Waals surface area contributed by atoms with Crippen LogP contribution in [0.25, 0.3) is 0 Å². The zero-order valence-corrected chi connectivity index (χ0v) is 7.01. The molecule has 0 aromatic carbocycles. The predicted octanol–water partition coefficient (Wildman–Crippen LogP) is 1.63. The topological polar surface area (TPSA) is 52.3 Å². The van der Waals surface area contributed by atoms with Crippen LogP contribution in [0, 0.1) is 0 Å². The third-order valence-corrected chi connectivity index (χ3v) is 2.07. The van der Waals surface area contributed by atoms with E-state index in [1.165, 1.54) is 0 Å². The van der Waals surface area contributed by atoms with Crippen LogP contribution in [0.3, 0.4) is 0 Å². The van der Waals surface area contributed by atoms with E-state index in [4.69, 9.17) is 22.1 Å². The van der Waals surface area contributed by atoms with E-state index in [0.717, 1.165) is 25.7 Å². The molecule has 3 nitrogen and oxygen atoms in total. The average Bonchev–Trinajstić information content (AvgIpc) is 1.93. The minimum Gasteiger partial charge on any atom is -0.450 e. The smallest absolute Gasteiger partial charge is 0.404 e. The molecule has 11 heavy (non-hydrogen) atoms. The van der Waals surface area contributed by atoms with Gasteiger partial charge >= 0.3 is 5.43 Å². The molecular weight excluding hydrogens is 166 g/mol. The largest absolute Gasteiger partial charge is 0.450 e. The Hall–Kier alpha value is -0.280. The van der Waals surface area contributed by atoms with Gasteiger partial charge in [0.05, 0.1) is 0 Å². The summed E-state index contributed by atoms with van der Waals surface area (Å²) in [5, 5.41) is 0. The summed E-state index contributed by atoms with van der Waals surface area (Å²) in [4.78, 5) is 10.3. The lowest BCUT2D eigenvalue weighted by Gasteiger charge is -2.24. The highest BCUT2D eigenvalue weighted by Crippen LogP contribution is 2.20. The SMILES string of the molecule is NC1CCC(OC(=O)Cl)CC1. The highest BCUT2D eigenvalue weighted by Gasteiger charge is 2.20. The fourth-order valence-electron chi connectivity index (χ4n) is 1.34. The van der Waals surface area contributed by atoms with Gasteiger partial charge in [-0.25, -0.2) is 4.79 Å². The molecule has 2 N–H and O–H groups in total. The fraction of sp³-hybridized carbons (Fsp3) is 0.857. The molecule has 1 aliphatic carbocycles. The Morgan fingerprint density at radius 1 is 1.36 bits per heavy atom. The summed E-state index contributed by atoms with van der Waals surface area (Å²) in [5.41, 5.74) is 4.95. The molecular formula is C7H12ClNO2. The molecule has 0 spiro atoms. The standard InChI is InChI=1S/C7H12ClNO2/c8-7(10)11-6-3-1-5(9)2-4-6/h5-6H,1-4,9H2. The van der Waals surface area contributed by atoms with Crippen molar-refractivity contribution in [1.82, 2.24) is 0 Å². The van der Waals surface area contributed by atoms with Gasteiger partial charge in [0.25, 0.3) is 0 Å². The Kier molecular flexibility index (Phi) is 3.15. The molecule has 1 saturated carbocycles. The van der Waals surface area contributed by atoms with Gasteiger partial charge in [0.2, 0.25) is 0 Å². The Bertz CT molecular complexity index is 143. The molecule has 0 amide bonds.